The molecule has 2 amide bonds. The van der Waals surface area contributed by atoms with Crippen molar-refractivity contribution in [3.8, 4) is 5.69 Å². The van der Waals surface area contributed by atoms with Crippen molar-refractivity contribution in [2.75, 3.05) is 10.6 Å². The minimum Gasteiger partial charge on any atom is -0.465 e. The molecule has 0 unspecified atom stereocenters. The lowest BCUT2D eigenvalue weighted by Crippen LogP contribution is -2.13. The van der Waals surface area contributed by atoms with Crippen LogP contribution < -0.4 is 10.6 Å². The van der Waals surface area contributed by atoms with Crippen molar-refractivity contribution >= 4 is 44.8 Å². The highest BCUT2D eigenvalue weighted by Crippen LogP contribution is 2.30. The predicted octanol–water partition coefficient (Wildman–Crippen LogP) is 8.62. The first-order valence-corrected chi connectivity index (χ1v) is 19.5. The molecule has 8 aromatic rings. The number of furan rings is 1. The highest BCUT2D eigenvalue weighted by Gasteiger charge is 2.30. The first-order chi connectivity index (χ1) is 28.0. The number of carbonyl (C=O) groups is 2. The number of carbonyl (C=O) groups excluding carboxylic acids is 2. The quantitative estimate of drug-likeness (QED) is 0.118. The summed E-state index contributed by atoms with van der Waals surface area (Å²) in [5.74, 6) is 0.781. The molecule has 0 aliphatic rings. The molecule has 6 heterocycles. The van der Waals surface area contributed by atoms with E-state index in [2.05, 4.69) is 35.8 Å². The fourth-order valence-corrected chi connectivity index (χ4v) is 7.63. The number of hydrogen-bond acceptors (Lipinski definition) is 10. The normalized spacial score (nSPS) is 11.5. The minimum atomic E-state index is -4.39. The fraction of sp³-hybridized carbons (Fsp3) is 0.146. The van der Waals surface area contributed by atoms with E-state index < -0.39 is 17.6 Å². The molecule has 0 aliphatic heterocycles. The molecule has 2 N–H and O–H groups in total. The van der Waals surface area contributed by atoms with Gasteiger partial charge in [-0.05, 0) is 72.6 Å². The second-order valence-corrected chi connectivity index (χ2v) is 15.5. The van der Waals surface area contributed by atoms with Gasteiger partial charge in [-0.25, -0.2) is 14.6 Å². The summed E-state index contributed by atoms with van der Waals surface area (Å²) in [6.45, 7) is 2.21. The van der Waals surface area contributed by atoms with Crippen molar-refractivity contribution in [3.05, 3.63) is 177 Å². The predicted molar refractivity (Wildman–Crippen MR) is 213 cm³/mol. The van der Waals surface area contributed by atoms with Crippen LogP contribution in [0.25, 0.3) is 5.69 Å². The summed E-state index contributed by atoms with van der Waals surface area (Å²) in [6, 6.07) is 25.6. The van der Waals surface area contributed by atoms with Gasteiger partial charge in [0.1, 0.15) is 11.5 Å². The molecule has 0 radical (unpaired) electrons. The molecular weight excluding hydrogens is 788 g/mol. The molecular formula is C41H32F3N9O3S2. The number of pyridine rings is 1. The summed E-state index contributed by atoms with van der Waals surface area (Å²) >= 11 is 2.62. The molecule has 6 aromatic heterocycles. The Kier molecular flexibility index (Phi) is 10.8. The van der Waals surface area contributed by atoms with Gasteiger partial charge in [0.2, 0.25) is 0 Å². The second-order valence-electron chi connectivity index (χ2n) is 13.2. The number of benzene rings is 2. The van der Waals surface area contributed by atoms with Crippen molar-refractivity contribution in [3.63, 3.8) is 0 Å². The number of thiazole rings is 2. The average molecular weight is 820 g/mol. The maximum Gasteiger partial charge on any atom is 0.416 e. The molecule has 17 heteroatoms. The van der Waals surface area contributed by atoms with Crippen LogP contribution in [0.5, 0.6) is 0 Å². The van der Waals surface area contributed by atoms with Crippen LogP contribution in [0, 0.1) is 6.92 Å². The first kappa shape index (κ1) is 38.2. The third-order valence-electron chi connectivity index (χ3n) is 8.91. The number of hydrogen-bond donors (Lipinski definition) is 2. The maximum atomic E-state index is 13.0. The van der Waals surface area contributed by atoms with Gasteiger partial charge in [0, 0.05) is 59.5 Å². The molecule has 0 saturated heterocycles. The Morgan fingerprint density at radius 3 is 2.03 bits per heavy atom. The lowest BCUT2D eigenvalue weighted by atomic mass is 10.1. The third-order valence-corrected chi connectivity index (χ3v) is 10.7. The fourth-order valence-electron chi connectivity index (χ4n) is 5.97. The molecule has 2 aromatic carbocycles. The molecule has 0 fully saturated rings. The van der Waals surface area contributed by atoms with Crippen molar-refractivity contribution in [1.82, 2.24) is 34.5 Å². The average Bonchev–Trinajstić information content (AvgIpc) is 4.07. The topological polar surface area (TPSA) is 146 Å². The van der Waals surface area contributed by atoms with Gasteiger partial charge in [-0.3, -0.25) is 29.9 Å². The number of halogens is 3. The van der Waals surface area contributed by atoms with Gasteiger partial charge in [-0.2, -0.15) is 23.4 Å². The van der Waals surface area contributed by atoms with E-state index in [4.69, 9.17) is 4.42 Å². The lowest BCUT2D eigenvalue weighted by molar-refractivity contribution is -0.137. The summed E-state index contributed by atoms with van der Waals surface area (Å²) < 4.78 is 48.1. The van der Waals surface area contributed by atoms with Crippen molar-refractivity contribution in [2.45, 2.75) is 38.9 Å². The number of alkyl halides is 3. The monoisotopic (exact) mass is 819 g/mol. The summed E-state index contributed by atoms with van der Waals surface area (Å²) in [6.07, 6.45) is 3.90. The molecule has 0 atom stereocenters. The Labute approximate surface area is 337 Å². The van der Waals surface area contributed by atoms with E-state index in [1.165, 1.54) is 34.8 Å². The molecule has 0 bridgehead atoms. The molecule has 8 rings (SSSR count). The van der Waals surface area contributed by atoms with E-state index in [9.17, 15) is 22.8 Å². The van der Waals surface area contributed by atoms with Crippen LogP contribution in [-0.2, 0) is 32.0 Å². The van der Waals surface area contributed by atoms with Crippen LogP contribution in [0.3, 0.4) is 0 Å². The van der Waals surface area contributed by atoms with Crippen LogP contribution in [0.2, 0.25) is 0 Å². The van der Waals surface area contributed by atoms with Crippen LogP contribution in [0.1, 0.15) is 70.3 Å². The summed E-state index contributed by atoms with van der Waals surface area (Å²) in [5, 5.41) is 15.3. The third kappa shape index (κ3) is 9.28. The van der Waals surface area contributed by atoms with Gasteiger partial charge < -0.3 is 4.42 Å². The molecule has 12 nitrogen and oxygen atoms in total. The number of amides is 2. The number of nitrogens with zero attached hydrogens (tertiary/aromatic N) is 7. The van der Waals surface area contributed by atoms with Crippen molar-refractivity contribution < 1.29 is 27.2 Å². The van der Waals surface area contributed by atoms with Gasteiger partial charge >= 0.3 is 6.18 Å². The number of anilines is 2. The highest BCUT2D eigenvalue weighted by molar-refractivity contribution is 7.16. The Bertz CT molecular complexity index is 2680. The standard InChI is InChI=1S/C41H32F3N9O3S2/c1-25-17-36(38(55)49-40-46-22-33(57-40)19-26-7-10-28(11-8-26)41(42,43)44)51-53(25)24-29-12-9-27(21-45-29)18-31-13-14-32(56-31)20-34-23-47-39(58-34)48-37(54)35-15-16-52(50-35)30-5-3-2-4-6-30/h2-17,21-23H,18-20,24H2,1H3,(H,46,49,55)(H,47,48,54). The minimum absolute atomic E-state index is 0.216. The smallest absolute Gasteiger partial charge is 0.416 e. The molecule has 0 saturated carbocycles. The van der Waals surface area contributed by atoms with E-state index >= 15 is 0 Å². The number of para-hydroxylation sites is 1. The van der Waals surface area contributed by atoms with Crippen molar-refractivity contribution in [1.29, 1.82) is 0 Å². The number of rotatable bonds is 13. The molecule has 292 valence electrons. The SMILES string of the molecule is Cc1cc(C(=O)Nc2ncc(Cc3ccc(C(F)(F)F)cc3)s2)nn1Cc1ccc(Cc2ccc(Cc3cnc(NC(=O)c4ccn(-c5ccccc5)n4)s3)o2)cn1. The largest absolute Gasteiger partial charge is 0.465 e. The Balaban J connectivity index is 0.808. The van der Waals surface area contributed by atoms with E-state index in [0.717, 1.165) is 56.0 Å². The second kappa shape index (κ2) is 16.4. The zero-order chi connectivity index (χ0) is 40.2. The summed E-state index contributed by atoms with van der Waals surface area (Å²) in [4.78, 5) is 40.7. The number of aryl methyl sites for hydroxylation is 1. The van der Waals surface area contributed by atoms with Crippen LogP contribution in [0.15, 0.2) is 120 Å². The van der Waals surface area contributed by atoms with Crippen molar-refractivity contribution in [2.24, 2.45) is 0 Å². The zero-order valence-corrected chi connectivity index (χ0v) is 32.2. The van der Waals surface area contributed by atoms with Crippen LogP contribution in [-0.4, -0.2) is 46.3 Å². The van der Waals surface area contributed by atoms with Crippen LogP contribution >= 0.6 is 22.7 Å². The highest BCUT2D eigenvalue weighted by atomic mass is 32.1. The Morgan fingerprint density at radius 1 is 0.707 bits per heavy atom. The molecule has 58 heavy (non-hydrogen) atoms. The van der Waals surface area contributed by atoms with E-state index in [-0.39, 0.29) is 17.3 Å². The lowest BCUT2D eigenvalue weighted by Gasteiger charge is -2.06. The van der Waals surface area contributed by atoms with E-state index in [1.807, 2.05) is 61.5 Å². The summed E-state index contributed by atoms with van der Waals surface area (Å²) in [7, 11) is 0. The maximum absolute atomic E-state index is 13.0. The van der Waals surface area contributed by atoms with Gasteiger partial charge in [0.15, 0.2) is 21.7 Å². The first-order valence-electron chi connectivity index (χ1n) is 17.9. The van der Waals surface area contributed by atoms with Gasteiger partial charge in [-0.1, -0.05) is 36.4 Å². The van der Waals surface area contributed by atoms with E-state index in [1.54, 1.807) is 46.3 Å². The van der Waals surface area contributed by atoms with E-state index in [0.29, 0.717) is 41.6 Å². The van der Waals surface area contributed by atoms with Gasteiger partial charge in [0.05, 0.1) is 23.5 Å². The van der Waals surface area contributed by atoms with Gasteiger partial charge in [-0.15, -0.1) is 22.7 Å². The molecule has 0 spiro atoms. The summed E-state index contributed by atoms with van der Waals surface area (Å²) in [5.41, 5.74) is 3.85. The number of nitrogens with one attached hydrogen (secondary N) is 2. The van der Waals surface area contributed by atoms with Gasteiger partial charge in [0.25, 0.3) is 11.8 Å². The number of aromatic nitrogens is 7. The molecule has 0 aliphatic carbocycles. The Hall–Kier alpha value is -6.72. The van der Waals surface area contributed by atoms with Crippen LogP contribution in [0.4, 0.5) is 23.4 Å². The zero-order valence-electron chi connectivity index (χ0n) is 30.6. The Morgan fingerprint density at radius 2 is 1.36 bits per heavy atom.